The average Bonchev–Trinajstić information content (AvgIpc) is 3.45. The summed E-state index contributed by atoms with van der Waals surface area (Å²) in [4.78, 5) is 32.5. The Bertz CT molecular complexity index is 1400. The number of nitrogens with one attached hydrogen (secondary N) is 1. The highest BCUT2D eigenvalue weighted by atomic mass is 16.2. The SMILES string of the molecule is NC(=O)c1ccc2c(c1)C(N1CCN(C(=O)c3ccc4[nH]ccc4c3)CC1)c1ccccc1-2. The number of aromatic nitrogens is 1. The lowest BCUT2D eigenvalue weighted by atomic mass is 10.00. The quantitative estimate of drug-likeness (QED) is 0.513. The van der Waals surface area contributed by atoms with Gasteiger partial charge in [-0.1, -0.05) is 30.3 Å². The number of fused-ring (bicyclic) bond motifs is 4. The predicted molar refractivity (Wildman–Crippen MR) is 128 cm³/mol. The van der Waals surface area contributed by atoms with E-state index in [0.29, 0.717) is 18.7 Å². The van der Waals surface area contributed by atoms with Crippen molar-refractivity contribution in [2.24, 2.45) is 5.73 Å². The number of rotatable bonds is 3. The summed E-state index contributed by atoms with van der Waals surface area (Å²) in [6.07, 6.45) is 1.89. The van der Waals surface area contributed by atoms with E-state index >= 15 is 0 Å². The zero-order chi connectivity index (χ0) is 22.5. The summed E-state index contributed by atoms with van der Waals surface area (Å²) in [5.41, 5.74) is 12.6. The van der Waals surface area contributed by atoms with Crippen molar-refractivity contribution in [1.29, 1.82) is 0 Å². The molecule has 33 heavy (non-hydrogen) atoms. The molecule has 2 amide bonds. The third kappa shape index (κ3) is 3.22. The van der Waals surface area contributed by atoms with Gasteiger partial charge in [-0.3, -0.25) is 14.5 Å². The van der Waals surface area contributed by atoms with E-state index in [1.807, 2.05) is 53.6 Å². The molecule has 3 aromatic carbocycles. The molecule has 1 aliphatic carbocycles. The number of aromatic amines is 1. The fourth-order valence-corrected chi connectivity index (χ4v) is 5.28. The van der Waals surface area contributed by atoms with Crippen LogP contribution >= 0.6 is 0 Å². The van der Waals surface area contributed by atoms with Gasteiger partial charge < -0.3 is 15.6 Å². The van der Waals surface area contributed by atoms with Crippen molar-refractivity contribution in [1.82, 2.24) is 14.8 Å². The molecule has 2 heterocycles. The van der Waals surface area contributed by atoms with Crippen molar-refractivity contribution in [2.45, 2.75) is 6.04 Å². The van der Waals surface area contributed by atoms with Crippen molar-refractivity contribution in [3.63, 3.8) is 0 Å². The topological polar surface area (TPSA) is 82.4 Å². The Hall–Kier alpha value is -3.90. The van der Waals surface area contributed by atoms with Crippen LogP contribution in [0.15, 0.2) is 72.9 Å². The number of carbonyl (C=O) groups excluding carboxylic acids is 2. The number of benzene rings is 3. The zero-order valence-corrected chi connectivity index (χ0v) is 18.1. The Morgan fingerprint density at radius 2 is 1.58 bits per heavy atom. The molecule has 6 rings (SSSR count). The van der Waals surface area contributed by atoms with Gasteiger partial charge in [0.2, 0.25) is 5.91 Å². The van der Waals surface area contributed by atoms with Crippen LogP contribution < -0.4 is 5.73 Å². The summed E-state index contributed by atoms with van der Waals surface area (Å²) in [7, 11) is 0. The molecule has 0 spiro atoms. The Labute approximate surface area is 191 Å². The third-order valence-electron chi connectivity index (χ3n) is 6.94. The van der Waals surface area contributed by atoms with Crippen molar-refractivity contribution < 1.29 is 9.59 Å². The highest BCUT2D eigenvalue weighted by Crippen LogP contribution is 2.46. The van der Waals surface area contributed by atoms with E-state index in [9.17, 15) is 9.59 Å². The maximum Gasteiger partial charge on any atom is 0.253 e. The number of nitrogens with two attached hydrogens (primary N) is 1. The van der Waals surface area contributed by atoms with Gasteiger partial charge in [-0.2, -0.15) is 0 Å². The molecule has 1 aliphatic heterocycles. The van der Waals surface area contributed by atoms with E-state index in [-0.39, 0.29) is 11.9 Å². The number of nitrogens with zero attached hydrogens (tertiary/aromatic N) is 2. The van der Waals surface area contributed by atoms with Gasteiger partial charge >= 0.3 is 0 Å². The highest BCUT2D eigenvalue weighted by Gasteiger charge is 2.35. The van der Waals surface area contributed by atoms with Crippen LogP contribution in [-0.4, -0.2) is 52.8 Å². The summed E-state index contributed by atoms with van der Waals surface area (Å²) in [6.45, 7) is 2.84. The van der Waals surface area contributed by atoms with Gasteiger partial charge in [-0.25, -0.2) is 0 Å². The first-order valence-electron chi connectivity index (χ1n) is 11.2. The van der Waals surface area contributed by atoms with Crippen LogP contribution in [0.2, 0.25) is 0 Å². The predicted octanol–water partition coefficient (Wildman–Crippen LogP) is 3.79. The van der Waals surface area contributed by atoms with E-state index in [2.05, 4.69) is 28.1 Å². The fraction of sp³-hybridized carbons (Fsp3) is 0.185. The molecule has 6 heteroatoms. The number of hydrogen-bond donors (Lipinski definition) is 2. The summed E-state index contributed by atoms with van der Waals surface area (Å²) in [5, 5.41) is 1.05. The third-order valence-corrected chi connectivity index (χ3v) is 6.94. The van der Waals surface area contributed by atoms with Gasteiger partial charge in [0.1, 0.15) is 0 Å². The normalized spacial score (nSPS) is 17.7. The maximum atomic E-state index is 13.2. The van der Waals surface area contributed by atoms with Gasteiger partial charge in [0, 0.05) is 54.4 Å². The molecule has 6 nitrogen and oxygen atoms in total. The minimum absolute atomic E-state index is 0.0592. The van der Waals surface area contributed by atoms with E-state index in [1.54, 1.807) is 6.07 Å². The smallest absolute Gasteiger partial charge is 0.253 e. The molecule has 1 fully saturated rings. The van der Waals surface area contributed by atoms with E-state index in [4.69, 9.17) is 5.73 Å². The molecule has 3 N–H and O–H groups in total. The standard InChI is InChI=1S/C27H24N4O2/c28-26(32)18-5-7-21-20-3-1-2-4-22(20)25(23(21)16-18)30-11-13-31(14-12-30)27(33)19-6-8-24-17(15-19)9-10-29-24/h1-10,15-16,25,29H,11-14H2,(H2,28,32). The number of H-pyrrole nitrogens is 1. The number of primary amides is 1. The van der Waals surface area contributed by atoms with Crippen LogP contribution in [0.25, 0.3) is 22.0 Å². The summed E-state index contributed by atoms with van der Waals surface area (Å²) < 4.78 is 0. The number of carbonyl (C=O) groups is 2. The molecule has 0 radical (unpaired) electrons. The molecule has 1 unspecified atom stereocenters. The lowest BCUT2D eigenvalue weighted by Gasteiger charge is -2.38. The van der Waals surface area contributed by atoms with E-state index in [0.717, 1.165) is 40.7 Å². The van der Waals surface area contributed by atoms with Crippen molar-refractivity contribution in [3.8, 4) is 11.1 Å². The Balaban J connectivity index is 1.26. The van der Waals surface area contributed by atoms with Crippen LogP contribution in [0.5, 0.6) is 0 Å². The largest absolute Gasteiger partial charge is 0.366 e. The number of piperazine rings is 1. The first-order valence-corrected chi connectivity index (χ1v) is 11.2. The van der Waals surface area contributed by atoms with Crippen molar-refractivity contribution in [3.05, 3.63) is 95.2 Å². The zero-order valence-electron chi connectivity index (χ0n) is 18.1. The van der Waals surface area contributed by atoms with E-state index < -0.39 is 5.91 Å². The van der Waals surface area contributed by atoms with Crippen LogP contribution in [0.3, 0.4) is 0 Å². The molecule has 0 saturated carbocycles. The molecular formula is C27H24N4O2. The first kappa shape index (κ1) is 19.8. The second kappa shape index (κ2) is 7.60. The van der Waals surface area contributed by atoms with Gasteiger partial charge in [0.05, 0.1) is 6.04 Å². The van der Waals surface area contributed by atoms with Crippen LogP contribution in [-0.2, 0) is 0 Å². The molecule has 1 saturated heterocycles. The lowest BCUT2D eigenvalue weighted by Crippen LogP contribution is -2.49. The summed E-state index contributed by atoms with van der Waals surface area (Å²) in [5.74, 6) is -0.344. The van der Waals surface area contributed by atoms with E-state index in [1.165, 1.54) is 11.1 Å². The Morgan fingerprint density at radius 3 is 2.39 bits per heavy atom. The molecule has 2 aliphatic rings. The molecule has 1 atom stereocenters. The number of amides is 2. The van der Waals surface area contributed by atoms with Gasteiger partial charge in [-0.05, 0) is 58.7 Å². The summed E-state index contributed by atoms with van der Waals surface area (Å²) >= 11 is 0. The molecule has 1 aromatic heterocycles. The van der Waals surface area contributed by atoms with Gasteiger partial charge in [0.15, 0.2) is 0 Å². The minimum Gasteiger partial charge on any atom is -0.366 e. The van der Waals surface area contributed by atoms with Gasteiger partial charge in [0.25, 0.3) is 5.91 Å². The molecular weight excluding hydrogens is 412 g/mol. The Morgan fingerprint density at radius 1 is 0.818 bits per heavy atom. The second-order valence-electron chi connectivity index (χ2n) is 8.76. The first-order chi connectivity index (χ1) is 16.1. The maximum absolute atomic E-state index is 13.2. The van der Waals surface area contributed by atoms with Gasteiger partial charge in [-0.15, -0.1) is 0 Å². The monoisotopic (exact) mass is 436 g/mol. The molecule has 4 aromatic rings. The average molecular weight is 437 g/mol. The summed E-state index contributed by atoms with van der Waals surface area (Å²) in [6, 6.07) is 22.0. The van der Waals surface area contributed by atoms with Crippen LogP contribution in [0.4, 0.5) is 0 Å². The molecule has 0 bridgehead atoms. The highest BCUT2D eigenvalue weighted by molar-refractivity contribution is 5.98. The lowest BCUT2D eigenvalue weighted by molar-refractivity contribution is 0.0600. The van der Waals surface area contributed by atoms with Crippen LogP contribution in [0.1, 0.15) is 37.9 Å². The fourth-order valence-electron chi connectivity index (χ4n) is 5.28. The van der Waals surface area contributed by atoms with Crippen molar-refractivity contribution >= 4 is 22.7 Å². The van der Waals surface area contributed by atoms with Crippen molar-refractivity contribution in [2.75, 3.05) is 26.2 Å². The number of hydrogen-bond acceptors (Lipinski definition) is 3. The van der Waals surface area contributed by atoms with Crippen LogP contribution in [0, 0.1) is 0 Å². The Kier molecular flexibility index (Phi) is 4.55. The molecule has 164 valence electrons. The minimum atomic E-state index is -0.415. The second-order valence-corrected chi connectivity index (χ2v) is 8.76.